The number of unbranched alkanes of at least 4 members (excludes halogenated alkanes) is 2. The minimum atomic E-state index is -0.111. The van der Waals surface area contributed by atoms with Crippen LogP contribution in [0.25, 0.3) is 0 Å². The normalized spacial score (nSPS) is 20.8. The van der Waals surface area contributed by atoms with Crippen LogP contribution in [0.15, 0.2) is 11.6 Å². The molecule has 0 bridgehead atoms. The van der Waals surface area contributed by atoms with Crippen LogP contribution in [0, 0.1) is 0 Å². The summed E-state index contributed by atoms with van der Waals surface area (Å²) in [6.45, 7) is 3.98. The summed E-state index contributed by atoms with van der Waals surface area (Å²) in [7, 11) is 0. The van der Waals surface area contributed by atoms with Gasteiger partial charge in [-0.25, -0.2) is 0 Å². The maximum atomic E-state index is 11.8. The summed E-state index contributed by atoms with van der Waals surface area (Å²) in [5, 5.41) is 2.77. The molecule has 1 unspecified atom stereocenters. The standard InChI is InChI=1S/C12H19NO2/c1-3-4-5-6-11(14)10-7-8-12(15)13-9(10)2/h7,9H,3-6,8H2,1-2H3,(H,13,15). The Hall–Kier alpha value is -1.12. The summed E-state index contributed by atoms with van der Waals surface area (Å²) < 4.78 is 0. The van der Waals surface area contributed by atoms with Crippen molar-refractivity contribution in [3.05, 3.63) is 11.6 Å². The van der Waals surface area contributed by atoms with Gasteiger partial charge in [0.05, 0.1) is 6.04 Å². The highest BCUT2D eigenvalue weighted by atomic mass is 16.2. The van der Waals surface area contributed by atoms with Crippen LogP contribution in [0.3, 0.4) is 0 Å². The summed E-state index contributed by atoms with van der Waals surface area (Å²) in [5.41, 5.74) is 0.783. The van der Waals surface area contributed by atoms with Crippen LogP contribution in [0.4, 0.5) is 0 Å². The van der Waals surface area contributed by atoms with Gasteiger partial charge in [-0.15, -0.1) is 0 Å². The van der Waals surface area contributed by atoms with E-state index in [1.807, 2.05) is 6.92 Å². The molecule has 0 saturated carbocycles. The van der Waals surface area contributed by atoms with Crippen molar-refractivity contribution >= 4 is 11.7 Å². The van der Waals surface area contributed by atoms with Crippen molar-refractivity contribution in [1.82, 2.24) is 5.32 Å². The van der Waals surface area contributed by atoms with E-state index in [-0.39, 0.29) is 17.7 Å². The molecule has 0 aromatic carbocycles. The van der Waals surface area contributed by atoms with Gasteiger partial charge in [0.15, 0.2) is 5.78 Å². The monoisotopic (exact) mass is 209 g/mol. The van der Waals surface area contributed by atoms with Gasteiger partial charge in [-0.2, -0.15) is 0 Å². The molecule has 15 heavy (non-hydrogen) atoms. The fraction of sp³-hybridized carbons (Fsp3) is 0.667. The van der Waals surface area contributed by atoms with Crippen molar-refractivity contribution in [2.24, 2.45) is 0 Å². The van der Waals surface area contributed by atoms with Gasteiger partial charge in [0.1, 0.15) is 0 Å². The van der Waals surface area contributed by atoms with Crippen LogP contribution < -0.4 is 5.32 Å². The molecule has 84 valence electrons. The molecule has 1 amide bonds. The van der Waals surface area contributed by atoms with E-state index in [1.165, 1.54) is 0 Å². The smallest absolute Gasteiger partial charge is 0.224 e. The molecule has 3 heteroatoms. The van der Waals surface area contributed by atoms with Gasteiger partial charge in [0.25, 0.3) is 0 Å². The first-order chi connectivity index (χ1) is 7.15. The minimum Gasteiger partial charge on any atom is -0.349 e. The molecule has 0 saturated heterocycles. The average Bonchev–Trinajstić information content (AvgIpc) is 2.17. The van der Waals surface area contributed by atoms with E-state index in [2.05, 4.69) is 12.2 Å². The number of hydrogen-bond acceptors (Lipinski definition) is 2. The third-order valence-corrected chi connectivity index (χ3v) is 2.68. The van der Waals surface area contributed by atoms with E-state index in [4.69, 9.17) is 0 Å². The predicted molar refractivity (Wildman–Crippen MR) is 59.5 cm³/mol. The fourth-order valence-electron chi connectivity index (χ4n) is 1.79. The van der Waals surface area contributed by atoms with Crippen LogP contribution in [-0.2, 0) is 9.59 Å². The lowest BCUT2D eigenvalue weighted by Gasteiger charge is -2.20. The Morgan fingerprint density at radius 2 is 2.27 bits per heavy atom. The highest BCUT2D eigenvalue weighted by Gasteiger charge is 2.21. The Morgan fingerprint density at radius 1 is 1.53 bits per heavy atom. The lowest BCUT2D eigenvalue weighted by Crippen LogP contribution is -2.39. The van der Waals surface area contributed by atoms with Crippen LogP contribution in [0.5, 0.6) is 0 Å². The molecule has 0 aromatic heterocycles. The number of carbonyl (C=O) groups is 2. The van der Waals surface area contributed by atoms with Gasteiger partial charge in [-0.05, 0) is 13.3 Å². The summed E-state index contributed by atoms with van der Waals surface area (Å²) in [6, 6.07) is -0.111. The van der Waals surface area contributed by atoms with E-state index >= 15 is 0 Å². The third-order valence-electron chi connectivity index (χ3n) is 2.68. The van der Waals surface area contributed by atoms with Gasteiger partial charge in [0.2, 0.25) is 5.91 Å². The molecule has 0 spiro atoms. The molecule has 1 atom stereocenters. The minimum absolute atomic E-state index is 0.00704. The molecule has 1 aliphatic heterocycles. The molecule has 0 aromatic rings. The number of nitrogens with one attached hydrogen (secondary N) is 1. The zero-order valence-electron chi connectivity index (χ0n) is 9.51. The van der Waals surface area contributed by atoms with E-state index in [0.717, 1.165) is 24.8 Å². The molecule has 3 nitrogen and oxygen atoms in total. The molecule has 0 radical (unpaired) electrons. The molecule has 1 heterocycles. The fourth-order valence-corrected chi connectivity index (χ4v) is 1.79. The Kier molecular flexibility index (Phi) is 4.53. The molecular formula is C12H19NO2. The lowest BCUT2D eigenvalue weighted by atomic mass is 9.96. The highest BCUT2D eigenvalue weighted by Crippen LogP contribution is 2.14. The highest BCUT2D eigenvalue weighted by molar-refractivity contribution is 5.99. The summed E-state index contributed by atoms with van der Waals surface area (Å²) in [4.78, 5) is 22.8. The van der Waals surface area contributed by atoms with Gasteiger partial charge >= 0.3 is 0 Å². The Labute approximate surface area is 90.9 Å². The molecule has 0 fully saturated rings. The van der Waals surface area contributed by atoms with Crippen molar-refractivity contribution in [2.45, 2.75) is 52.0 Å². The van der Waals surface area contributed by atoms with Gasteiger partial charge in [-0.3, -0.25) is 9.59 Å². The SMILES string of the molecule is CCCCCC(=O)C1=CCC(=O)NC1C. The summed E-state index contributed by atoms with van der Waals surface area (Å²) >= 11 is 0. The summed E-state index contributed by atoms with van der Waals surface area (Å²) in [6.07, 6.45) is 5.91. The largest absolute Gasteiger partial charge is 0.349 e. The molecular weight excluding hydrogens is 190 g/mol. The van der Waals surface area contributed by atoms with E-state index < -0.39 is 0 Å². The third kappa shape index (κ3) is 3.50. The predicted octanol–water partition coefficient (Wildman–Crippen LogP) is 1.97. The Balaban J connectivity index is 2.48. The van der Waals surface area contributed by atoms with Gasteiger partial charge in [-0.1, -0.05) is 25.8 Å². The number of rotatable bonds is 5. The second kappa shape index (κ2) is 5.69. The Morgan fingerprint density at radius 3 is 2.87 bits per heavy atom. The molecule has 0 aliphatic carbocycles. The van der Waals surface area contributed by atoms with Gasteiger partial charge in [0, 0.05) is 18.4 Å². The topological polar surface area (TPSA) is 46.2 Å². The molecule has 1 rings (SSSR count). The van der Waals surface area contributed by atoms with Crippen molar-refractivity contribution in [2.75, 3.05) is 0 Å². The van der Waals surface area contributed by atoms with Crippen LogP contribution in [0.2, 0.25) is 0 Å². The lowest BCUT2D eigenvalue weighted by molar-refractivity contribution is -0.121. The maximum Gasteiger partial charge on any atom is 0.224 e. The molecule has 1 aliphatic rings. The number of ketones is 1. The number of Topliss-reactive ketones (excluding diaryl/α,β-unsaturated/α-hetero) is 1. The summed E-state index contributed by atoms with van der Waals surface area (Å²) in [5.74, 6) is 0.198. The van der Waals surface area contributed by atoms with Gasteiger partial charge < -0.3 is 5.32 Å². The van der Waals surface area contributed by atoms with Crippen molar-refractivity contribution in [3.63, 3.8) is 0 Å². The first-order valence-electron chi connectivity index (χ1n) is 5.67. The first kappa shape index (κ1) is 12.0. The number of amides is 1. The van der Waals surface area contributed by atoms with Crippen molar-refractivity contribution < 1.29 is 9.59 Å². The van der Waals surface area contributed by atoms with Crippen molar-refractivity contribution in [3.8, 4) is 0 Å². The zero-order chi connectivity index (χ0) is 11.3. The van der Waals surface area contributed by atoms with Crippen LogP contribution in [-0.4, -0.2) is 17.7 Å². The molecule has 1 N–H and O–H groups in total. The van der Waals surface area contributed by atoms with Crippen LogP contribution in [0.1, 0.15) is 46.0 Å². The zero-order valence-corrected chi connectivity index (χ0v) is 9.51. The van der Waals surface area contributed by atoms with Crippen LogP contribution >= 0.6 is 0 Å². The van der Waals surface area contributed by atoms with Crippen molar-refractivity contribution in [1.29, 1.82) is 0 Å². The first-order valence-corrected chi connectivity index (χ1v) is 5.67. The second-order valence-corrected chi connectivity index (χ2v) is 4.03. The van der Waals surface area contributed by atoms with E-state index in [9.17, 15) is 9.59 Å². The van der Waals surface area contributed by atoms with E-state index in [1.54, 1.807) is 6.08 Å². The second-order valence-electron chi connectivity index (χ2n) is 4.03. The Bertz CT molecular complexity index is 281. The number of hydrogen-bond donors (Lipinski definition) is 1. The number of carbonyl (C=O) groups excluding carboxylic acids is 2. The maximum absolute atomic E-state index is 11.8. The van der Waals surface area contributed by atoms with E-state index in [0.29, 0.717) is 12.8 Å². The average molecular weight is 209 g/mol. The quantitative estimate of drug-likeness (QED) is 0.704.